The van der Waals surface area contributed by atoms with Crippen molar-refractivity contribution in [2.24, 2.45) is 0 Å². The number of halogens is 1. The minimum Gasteiger partial charge on any atom is -0.448 e. The molecule has 0 bridgehead atoms. The molecule has 140 valence electrons. The van der Waals surface area contributed by atoms with Crippen molar-refractivity contribution in [2.75, 3.05) is 13.1 Å². The van der Waals surface area contributed by atoms with Crippen LogP contribution in [-0.2, 0) is 16.6 Å². The minimum absolute atomic E-state index is 0.0728. The summed E-state index contributed by atoms with van der Waals surface area (Å²) in [6, 6.07) is 6.67. The van der Waals surface area contributed by atoms with Gasteiger partial charge in [0.25, 0.3) is 5.91 Å². The molecule has 1 aliphatic rings. The molecule has 0 radical (unpaired) electrons. The van der Waals surface area contributed by atoms with Crippen molar-refractivity contribution in [1.82, 2.24) is 14.6 Å². The van der Waals surface area contributed by atoms with E-state index < -0.39 is 15.3 Å². The average Bonchev–Trinajstić information content (AvgIpc) is 3.04. The highest BCUT2D eigenvalue weighted by atomic mass is 35.5. The van der Waals surface area contributed by atoms with E-state index in [0.717, 1.165) is 0 Å². The summed E-state index contributed by atoms with van der Waals surface area (Å²) in [7, 11) is -3.58. The van der Waals surface area contributed by atoms with Crippen molar-refractivity contribution in [3.05, 3.63) is 52.7 Å². The maximum Gasteiger partial charge on any atom is 0.253 e. The summed E-state index contributed by atoms with van der Waals surface area (Å²) in [5, 5.41) is -0.187. The van der Waals surface area contributed by atoms with E-state index in [1.807, 2.05) is 0 Å². The molecular formula is C17H20ClN3O4S. The summed E-state index contributed by atoms with van der Waals surface area (Å²) < 4.78 is 32.9. The first-order valence-electron chi connectivity index (χ1n) is 8.29. The molecule has 0 saturated carbocycles. The van der Waals surface area contributed by atoms with E-state index in [0.29, 0.717) is 41.4 Å². The molecule has 0 aliphatic carbocycles. The number of piperidine rings is 1. The lowest BCUT2D eigenvalue weighted by Gasteiger charge is -2.32. The Kier molecular flexibility index (Phi) is 5.64. The van der Waals surface area contributed by atoms with Crippen LogP contribution in [0.2, 0.25) is 5.02 Å². The van der Waals surface area contributed by atoms with Gasteiger partial charge in [0.05, 0.1) is 17.5 Å². The van der Waals surface area contributed by atoms with E-state index in [1.165, 1.54) is 6.39 Å². The molecule has 9 heteroatoms. The van der Waals surface area contributed by atoms with Crippen LogP contribution >= 0.6 is 11.6 Å². The van der Waals surface area contributed by atoms with Gasteiger partial charge in [-0.3, -0.25) is 4.79 Å². The first kappa shape index (κ1) is 18.9. The molecule has 1 atom stereocenters. The highest BCUT2D eigenvalue weighted by Crippen LogP contribution is 2.20. The molecule has 26 heavy (non-hydrogen) atoms. The molecule has 7 nitrogen and oxygen atoms in total. The molecule has 1 aromatic heterocycles. The van der Waals surface area contributed by atoms with Crippen LogP contribution in [0.5, 0.6) is 0 Å². The van der Waals surface area contributed by atoms with Crippen molar-refractivity contribution < 1.29 is 17.6 Å². The summed E-state index contributed by atoms with van der Waals surface area (Å²) in [6.45, 7) is 2.48. The van der Waals surface area contributed by atoms with Crippen LogP contribution in [0.1, 0.15) is 34.7 Å². The van der Waals surface area contributed by atoms with Crippen LogP contribution in [0.3, 0.4) is 0 Å². The SMILES string of the molecule is Cc1ocnc1CNS(=O)(=O)[C@@H]1CCCN(C(=O)c2cccc(Cl)c2)C1. The third-order valence-corrected chi connectivity index (χ3v) is 6.51. The number of carbonyl (C=O) groups is 1. The third kappa shape index (κ3) is 4.25. The quantitative estimate of drug-likeness (QED) is 0.836. The van der Waals surface area contributed by atoms with Crippen molar-refractivity contribution in [3.8, 4) is 0 Å². The first-order chi connectivity index (χ1) is 12.4. The van der Waals surface area contributed by atoms with Gasteiger partial charge < -0.3 is 9.32 Å². The zero-order valence-corrected chi connectivity index (χ0v) is 15.9. The summed E-state index contributed by atoms with van der Waals surface area (Å²) in [4.78, 5) is 18.2. The molecule has 2 heterocycles. The number of amides is 1. The van der Waals surface area contributed by atoms with Crippen LogP contribution in [0, 0.1) is 6.92 Å². The second-order valence-corrected chi connectivity index (χ2v) is 8.73. The average molecular weight is 398 g/mol. The Morgan fingerprint density at radius 3 is 2.96 bits per heavy atom. The summed E-state index contributed by atoms with van der Waals surface area (Å²) in [5.41, 5.74) is 1.01. The number of hydrogen-bond acceptors (Lipinski definition) is 5. The highest BCUT2D eigenvalue weighted by molar-refractivity contribution is 7.90. The van der Waals surface area contributed by atoms with Gasteiger partial charge in [-0.15, -0.1) is 0 Å². The number of oxazole rings is 1. The molecule has 2 aromatic rings. The fourth-order valence-corrected chi connectivity index (χ4v) is 4.58. The number of nitrogens with zero attached hydrogens (tertiary/aromatic N) is 2. The maximum absolute atomic E-state index is 12.6. The Hall–Kier alpha value is -1.90. The summed E-state index contributed by atoms with van der Waals surface area (Å²) >= 11 is 5.94. The zero-order chi connectivity index (χ0) is 18.7. The lowest BCUT2D eigenvalue weighted by molar-refractivity contribution is 0.0726. The normalized spacial score (nSPS) is 18.1. The third-order valence-electron chi connectivity index (χ3n) is 4.46. The van der Waals surface area contributed by atoms with E-state index in [-0.39, 0.29) is 19.0 Å². The molecule has 1 fully saturated rings. The molecule has 3 rings (SSSR count). The smallest absolute Gasteiger partial charge is 0.253 e. The largest absolute Gasteiger partial charge is 0.448 e. The number of aryl methyl sites for hydroxylation is 1. The van der Waals surface area contributed by atoms with Crippen LogP contribution in [0.25, 0.3) is 0 Å². The van der Waals surface area contributed by atoms with Crippen LogP contribution in [0.15, 0.2) is 35.1 Å². The second-order valence-electron chi connectivity index (χ2n) is 6.25. The van der Waals surface area contributed by atoms with Gasteiger partial charge in [0, 0.05) is 23.7 Å². The van der Waals surface area contributed by atoms with Gasteiger partial charge in [-0.1, -0.05) is 17.7 Å². The standard InChI is InChI=1S/C17H20ClN3O4S/c1-12-16(19-11-25-12)9-20-26(23,24)15-6-3-7-21(10-15)17(22)13-4-2-5-14(18)8-13/h2,4-5,8,11,15,20H,3,6-7,9-10H2,1H3/t15-/m1/s1. The number of aromatic nitrogens is 1. The lowest BCUT2D eigenvalue weighted by Crippen LogP contribution is -2.48. The number of nitrogens with one attached hydrogen (secondary N) is 1. The molecule has 1 saturated heterocycles. The van der Waals surface area contributed by atoms with Gasteiger partial charge >= 0.3 is 0 Å². The maximum atomic E-state index is 12.6. The van der Waals surface area contributed by atoms with Crippen molar-refractivity contribution in [1.29, 1.82) is 0 Å². The van der Waals surface area contributed by atoms with E-state index in [9.17, 15) is 13.2 Å². The van der Waals surface area contributed by atoms with Crippen LogP contribution in [-0.4, -0.2) is 42.5 Å². The van der Waals surface area contributed by atoms with Crippen molar-refractivity contribution in [3.63, 3.8) is 0 Å². The van der Waals surface area contributed by atoms with Gasteiger partial charge in [0.2, 0.25) is 10.0 Å². The summed E-state index contributed by atoms with van der Waals surface area (Å²) in [5.74, 6) is 0.369. The minimum atomic E-state index is -3.58. The number of carbonyl (C=O) groups excluding carboxylic acids is 1. The second kappa shape index (κ2) is 7.77. The number of likely N-dealkylation sites (tertiary alicyclic amines) is 1. The van der Waals surface area contributed by atoms with Gasteiger partial charge in [-0.2, -0.15) is 0 Å². The Morgan fingerprint density at radius 1 is 1.46 bits per heavy atom. The van der Waals surface area contributed by atoms with E-state index in [2.05, 4.69) is 9.71 Å². The predicted molar refractivity (Wildman–Crippen MR) is 97.4 cm³/mol. The van der Waals surface area contributed by atoms with Gasteiger partial charge in [0.15, 0.2) is 6.39 Å². The number of sulfonamides is 1. The molecule has 1 amide bonds. The Bertz CT molecular complexity index is 897. The Labute approximate surface area is 157 Å². The Balaban J connectivity index is 1.67. The number of hydrogen-bond donors (Lipinski definition) is 1. The first-order valence-corrected chi connectivity index (χ1v) is 10.2. The fourth-order valence-electron chi connectivity index (χ4n) is 2.96. The zero-order valence-electron chi connectivity index (χ0n) is 14.3. The van der Waals surface area contributed by atoms with E-state index in [1.54, 1.807) is 36.1 Å². The summed E-state index contributed by atoms with van der Waals surface area (Å²) in [6.07, 6.45) is 2.41. The Morgan fingerprint density at radius 2 is 2.27 bits per heavy atom. The molecular weight excluding hydrogens is 378 g/mol. The van der Waals surface area contributed by atoms with E-state index in [4.69, 9.17) is 16.0 Å². The van der Waals surface area contributed by atoms with Crippen molar-refractivity contribution in [2.45, 2.75) is 31.6 Å². The molecule has 1 aromatic carbocycles. The highest BCUT2D eigenvalue weighted by Gasteiger charge is 2.33. The molecule has 1 aliphatic heterocycles. The molecule has 0 spiro atoms. The fraction of sp³-hybridized carbons (Fsp3) is 0.412. The van der Waals surface area contributed by atoms with Crippen LogP contribution in [0.4, 0.5) is 0 Å². The molecule has 1 N–H and O–H groups in total. The van der Waals surface area contributed by atoms with Gasteiger partial charge in [-0.05, 0) is 38.0 Å². The van der Waals surface area contributed by atoms with Crippen LogP contribution < -0.4 is 4.72 Å². The van der Waals surface area contributed by atoms with Gasteiger partial charge in [0.1, 0.15) is 5.76 Å². The predicted octanol–water partition coefficient (Wildman–Crippen LogP) is 2.36. The number of benzene rings is 1. The van der Waals surface area contributed by atoms with E-state index >= 15 is 0 Å². The topological polar surface area (TPSA) is 92.5 Å². The monoisotopic (exact) mass is 397 g/mol. The van der Waals surface area contributed by atoms with Gasteiger partial charge in [-0.25, -0.2) is 18.1 Å². The van der Waals surface area contributed by atoms with Crippen molar-refractivity contribution >= 4 is 27.5 Å². The number of rotatable bonds is 5. The lowest BCUT2D eigenvalue weighted by atomic mass is 10.1. The molecule has 0 unspecified atom stereocenters.